The Labute approximate surface area is 119 Å². The summed E-state index contributed by atoms with van der Waals surface area (Å²) in [4.78, 5) is 21.0. The van der Waals surface area contributed by atoms with Crippen molar-refractivity contribution in [1.82, 2.24) is 20.3 Å². The Morgan fingerprint density at radius 1 is 1.38 bits per heavy atom. The molecular formula is C12H19N5O4. The highest BCUT2D eigenvalue weighted by Gasteiger charge is 2.17. The Balaban J connectivity index is 2.06. The molecule has 0 aromatic carbocycles. The van der Waals surface area contributed by atoms with Crippen LogP contribution >= 0.6 is 0 Å². The van der Waals surface area contributed by atoms with E-state index in [1.165, 1.54) is 0 Å². The molecule has 21 heavy (non-hydrogen) atoms. The third-order valence-corrected chi connectivity index (χ3v) is 3.32. The topological polar surface area (TPSA) is 160 Å². The van der Waals surface area contributed by atoms with Crippen LogP contribution < -0.4 is 16.6 Å². The van der Waals surface area contributed by atoms with Gasteiger partial charge in [-0.3, -0.25) is 9.78 Å². The lowest BCUT2D eigenvalue weighted by atomic mass is 10.0. The average Bonchev–Trinajstić information content (AvgIpc) is 2.86. The molecule has 2 aromatic heterocycles. The number of hydrogen-bond donors (Lipinski definition) is 7. The minimum Gasteiger partial charge on any atom is -0.396 e. The second-order valence-corrected chi connectivity index (χ2v) is 4.81. The lowest BCUT2D eigenvalue weighted by Crippen LogP contribution is -2.35. The van der Waals surface area contributed by atoms with Crippen LogP contribution in [-0.2, 0) is 6.54 Å². The minimum absolute atomic E-state index is 0.0392. The summed E-state index contributed by atoms with van der Waals surface area (Å²) in [6.07, 6.45) is 0.664. The van der Waals surface area contributed by atoms with Crippen molar-refractivity contribution in [2.45, 2.75) is 12.6 Å². The molecule has 2 aromatic rings. The molecule has 2 heterocycles. The molecule has 0 fully saturated rings. The summed E-state index contributed by atoms with van der Waals surface area (Å²) in [5.74, 6) is -0.432. The summed E-state index contributed by atoms with van der Waals surface area (Å²) in [5.41, 5.74) is 6.74. The number of anilines is 1. The molecule has 0 amide bonds. The number of aliphatic hydroxyl groups excluding tert-OH is 3. The number of fused-ring (bicyclic) bond motifs is 1. The zero-order valence-electron chi connectivity index (χ0n) is 11.3. The second kappa shape index (κ2) is 6.68. The molecule has 9 nitrogen and oxygen atoms in total. The van der Waals surface area contributed by atoms with Crippen molar-refractivity contribution >= 4 is 17.0 Å². The van der Waals surface area contributed by atoms with Crippen LogP contribution in [0.2, 0.25) is 0 Å². The Morgan fingerprint density at radius 3 is 2.81 bits per heavy atom. The van der Waals surface area contributed by atoms with Gasteiger partial charge in [-0.2, -0.15) is 0 Å². The summed E-state index contributed by atoms with van der Waals surface area (Å²) in [5, 5.41) is 30.5. The van der Waals surface area contributed by atoms with Gasteiger partial charge in [0.05, 0.1) is 12.7 Å². The molecule has 0 unspecified atom stereocenters. The van der Waals surface area contributed by atoms with Crippen LogP contribution in [0.3, 0.4) is 0 Å². The molecule has 9 heteroatoms. The molecule has 0 bridgehead atoms. The first kappa shape index (κ1) is 15.4. The number of aromatic nitrogens is 3. The van der Waals surface area contributed by atoms with Crippen LogP contribution in [0.4, 0.5) is 5.95 Å². The first-order valence-electron chi connectivity index (χ1n) is 6.53. The van der Waals surface area contributed by atoms with Gasteiger partial charge in [-0.25, -0.2) is 4.98 Å². The van der Waals surface area contributed by atoms with E-state index >= 15 is 0 Å². The van der Waals surface area contributed by atoms with E-state index in [2.05, 4.69) is 20.3 Å². The number of rotatable bonds is 7. The highest BCUT2D eigenvalue weighted by Crippen LogP contribution is 2.13. The van der Waals surface area contributed by atoms with Gasteiger partial charge in [0, 0.05) is 37.4 Å². The quantitative estimate of drug-likeness (QED) is 0.307. The van der Waals surface area contributed by atoms with Crippen molar-refractivity contribution in [2.75, 3.05) is 25.5 Å². The summed E-state index contributed by atoms with van der Waals surface area (Å²) in [6.45, 7) is 0.0368. The van der Waals surface area contributed by atoms with Crippen molar-refractivity contribution in [1.29, 1.82) is 0 Å². The lowest BCUT2D eigenvalue weighted by molar-refractivity contribution is 0.0228. The molecule has 0 radical (unpaired) electrons. The third kappa shape index (κ3) is 3.39. The Hall–Kier alpha value is -1.94. The first-order valence-corrected chi connectivity index (χ1v) is 6.53. The van der Waals surface area contributed by atoms with Gasteiger partial charge >= 0.3 is 0 Å². The van der Waals surface area contributed by atoms with Crippen molar-refractivity contribution in [3.63, 3.8) is 0 Å². The summed E-state index contributed by atoms with van der Waals surface area (Å²) in [7, 11) is 0. The van der Waals surface area contributed by atoms with Gasteiger partial charge in [-0.05, 0) is 0 Å². The normalized spacial score (nSPS) is 14.4. The van der Waals surface area contributed by atoms with E-state index in [-0.39, 0.29) is 18.1 Å². The van der Waals surface area contributed by atoms with Crippen LogP contribution in [0.5, 0.6) is 0 Å². The molecule has 116 valence electrons. The van der Waals surface area contributed by atoms with Crippen LogP contribution in [0.15, 0.2) is 11.0 Å². The second-order valence-electron chi connectivity index (χ2n) is 4.81. The van der Waals surface area contributed by atoms with Crippen molar-refractivity contribution in [2.24, 2.45) is 5.92 Å². The van der Waals surface area contributed by atoms with Gasteiger partial charge in [0.2, 0.25) is 5.95 Å². The highest BCUT2D eigenvalue weighted by atomic mass is 16.3. The highest BCUT2D eigenvalue weighted by molar-refractivity contribution is 5.78. The van der Waals surface area contributed by atoms with Crippen LogP contribution in [0, 0.1) is 5.92 Å². The smallest absolute Gasteiger partial charge is 0.276 e. The van der Waals surface area contributed by atoms with Crippen LogP contribution in [-0.4, -0.2) is 56.1 Å². The SMILES string of the molecule is Nc1nc2c(CNC[C@@H](CO)[C@@H](O)CO)c[nH]c2c(=O)[nH]1. The zero-order chi connectivity index (χ0) is 15.4. The average molecular weight is 297 g/mol. The van der Waals surface area contributed by atoms with Crippen molar-refractivity contribution in [3.05, 3.63) is 22.1 Å². The van der Waals surface area contributed by atoms with Crippen LogP contribution in [0.25, 0.3) is 11.0 Å². The monoisotopic (exact) mass is 297 g/mol. The minimum atomic E-state index is -0.984. The predicted octanol–water partition coefficient (Wildman–Crippen LogP) is -2.12. The fourth-order valence-electron chi connectivity index (χ4n) is 2.08. The fourth-order valence-corrected chi connectivity index (χ4v) is 2.08. The Morgan fingerprint density at radius 2 is 2.14 bits per heavy atom. The lowest BCUT2D eigenvalue weighted by Gasteiger charge is -2.19. The van der Waals surface area contributed by atoms with E-state index in [0.717, 1.165) is 5.56 Å². The van der Waals surface area contributed by atoms with E-state index in [9.17, 15) is 9.90 Å². The summed E-state index contributed by atoms with van der Waals surface area (Å²) >= 11 is 0. The molecule has 0 aliphatic heterocycles. The van der Waals surface area contributed by atoms with Gasteiger partial charge in [-0.1, -0.05) is 0 Å². The van der Waals surface area contributed by atoms with E-state index in [1.54, 1.807) is 6.20 Å². The van der Waals surface area contributed by atoms with Crippen LogP contribution in [0.1, 0.15) is 5.56 Å². The molecule has 0 spiro atoms. The molecule has 0 saturated heterocycles. The van der Waals surface area contributed by atoms with Gasteiger partial charge in [-0.15, -0.1) is 0 Å². The zero-order valence-corrected chi connectivity index (χ0v) is 11.3. The maximum atomic E-state index is 11.6. The number of nitrogens with one attached hydrogen (secondary N) is 3. The third-order valence-electron chi connectivity index (χ3n) is 3.32. The predicted molar refractivity (Wildman–Crippen MR) is 76.5 cm³/mol. The number of aromatic amines is 2. The number of H-pyrrole nitrogens is 2. The molecule has 0 saturated carbocycles. The molecule has 0 aliphatic rings. The van der Waals surface area contributed by atoms with Gasteiger partial charge in [0.1, 0.15) is 11.0 Å². The number of nitrogens with zero attached hydrogens (tertiary/aromatic N) is 1. The Kier molecular flexibility index (Phi) is 4.91. The van der Waals surface area contributed by atoms with Gasteiger partial charge in [0.15, 0.2) is 0 Å². The first-order chi connectivity index (χ1) is 10.1. The van der Waals surface area contributed by atoms with E-state index < -0.39 is 18.6 Å². The maximum absolute atomic E-state index is 11.6. The molecule has 0 aliphatic carbocycles. The standard InChI is InChI=1S/C12H19N5O4/c13-12-16-9-6(3-15-10(9)11(21)17-12)1-14-2-7(4-18)8(20)5-19/h3,7-8,14-15,18-20H,1-2,4-5H2,(H3,13,16,17,21)/t7-,8-/m0/s1. The summed E-state index contributed by atoms with van der Waals surface area (Å²) < 4.78 is 0. The fraction of sp³-hybridized carbons (Fsp3) is 0.500. The van der Waals surface area contributed by atoms with E-state index in [0.29, 0.717) is 24.1 Å². The molecule has 8 N–H and O–H groups in total. The van der Waals surface area contributed by atoms with Crippen molar-refractivity contribution in [3.8, 4) is 0 Å². The molecule has 2 atom stereocenters. The molecular weight excluding hydrogens is 278 g/mol. The van der Waals surface area contributed by atoms with E-state index in [1.807, 2.05) is 0 Å². The largest absolute Gasteiger partial charge is 0.396 e. The Bertz CT molecular complexity index is 653. The summed E-state index contributed by atoms with van der Waals surface area (Å²) in [6, 6.07) is 0. The van der Waals surface area contributed by atoms with Gasteiger partial charge < -0.3 is 31.4 Å². The number of hydrogen-bond acceptors (Lipinski definition) is 7. The van der Waals surface area contributed by atoms with Gasteiger partial charge in [0.25, 0.3) is 5.56 Å². The molecule has 2 rings (SSSR count). The number of nitrogens with two attached hydrogens (primary N) is 1. The number of nitrogen functional groups attached to an aromatic ring is 1. The van der Waals surface area contributed by atoms with E-state index in [4.69, 9.17) is 15.9 Å². The van der Waals surface area contributed by atoms with Crippen molar-refractivity contribution < 1.29 is 15.3 Å². The maximum Gasteiger partial charge on any atom is 0.276 e. The number of aliphatic hydroxyl groups is 3.